The lowest BCUT2D eigenvalue weighted by Crippen LogP contribution is -2.34. The number of benzene rings is 2. The molecule has 0 aliphatic rings. The van der Waals surface area contributed by atoms with E-state index in [1.807, 2.05) is 48.5 Å². The molecule has 8 nitrogen and oxygen atoms in total. The minimum Gasteiger partial charge on any atom is -0.497 e. The summed E-state index contributed by atoms with van der Waals surface area (Å²) in [5, 5.41) is 6.56. The number of carbonyl (C=O) groups is 1. The van der Waals surface area contributed by atoms with Gasteiger partial charge < -0.3 is 29.7 Å². The van der Waals surface area contributed by atoms with E-state index >= 15 is 0 Å². The fourth-order valence-corrected chi connectivity index (χ4v) is 2.74. The molecule has 2 rings (SSSR count). The van der Waals surface area contributed by atoms with Crippen LogP contribution in [0, 0.1) is 0 Å². The number of nitrogens with zero attached hydrogens (tertiary/aromatic N) is 2. The highest BCUT2D eigenvalue weighted by atomic mass is 16.5. The molecule has 0 fully saturated rings. The number of likely N-dealkylation sites (N-methyl/N-ethyl adjacent to an activating group) is 1. The van der Waals surface area contributed by atoms with Crippen molar-refractivity contribution in [1.82, 2.24) is 10.2 Å². The molecule has 0 aliphatic carbocycles. The number of guanidine groups is 1. The summed E-state index contributed by atoms with van der Waals surface area (Å²) in [6.45, 7) is 1.95. The molecule has 32 heavy (non-hydrogen) atoms. The number of carbonyl (C=O) groups excluding carboxylic acids is 1. The zero-order valence-electron chi connectivity index (χ0n) is 19.4. The molecule has 0 aromatic heterocycles. The van der Waals surface area contributed by atoms with E-state index in [4.69, 9.17) is 14.2 Å². The number of hydrogen-bond acceptors (Lipinski definition) is 5. The molecule has 1 amide bonds. The first-order valence-electron chi connectivity index (χ1n) is 10.6. The average Bonchev–Trinajstić information content (AvgIpc) is 2.80. The maximum atomic E-state index is 12.0. The third-order valence-corrected chi connectivity index (χ3v) is 4.59. The Kier molecular flexibility index (Phi) is 10.9. The smallest absolute Gasteiger partial charge is 0.243 e. The van der Waals surface area contributed by atoms with Gasteiger partial charge in [0, 0.05) is 52.5 Å². The van der Waals surface area contributed by atoms with Gasteiger partial charge in [0.15, 0.2) is 5.96 Å². The summed E-state index contributed by atoms with van der Waals surface area (Å²) >= 11 is 0. The highest BCUT2D eigenvalue weighted by molar-refractivity contribution is 5.95. The Balaban J connectivity index is 1.99. The molecule has 2 N–H and O–H groups in total. The Hall–Kier alpha value is -3.26. The molecule has 0 unspecified atom stereocenters. The van der Waals surface area contributed by atoms with Gasteiger partial charge in [0.1, 0.15) is 18.0 Å². The molecule has 2 aromatic carbocycles. The van der Waals surface area contributed by atoms with Crippen LogP contribution in [0.4, 0.5) is 5.69 Å². The maximum Gasteiger partial charge on any atom is 0.243 e. The van der Waals surface area contributed by atoms with Crippen molar-refractivity contribution in [2.45, 2.75) is 12.8 Å². The molecule has 0 radical (unpaired) electrons. The van der Waals surface area contributed by atoms with Crippen molar-refractivity contribution in [2.75, 3.05) is 59.9 Å². The first kappa shape index (κ1) is 25.0. The lowest BCUT2D eigenvalue weighted by molar-refractivity contribution is -0.127. The van der Waals surface area contributed by atoms with Crippen LogP contribution in [-0.2, 0) is 16.0 Å². The molecule has 2 aromatic rings. The van der Waals surface area contributed by atoms with E-state index in [1.54, 1.807) is 28.3 Å². The van der Waals surface area contributed by atoms with E-state index in [-0.39, 0.29) is 12.5 Å². The number of nitrogens with one attached hydrogen (secondary N) is 2. The summed E-state index contributed by atoms with van der Waals surface area (Å²) in [5.74, 6) is 2.05. The number of methoxy groups -OCH3 is 2. The van der Waals surface area contributed by atoms with Crippen molar-refractivity contribution in [3.8, 4) is 11.5 Å². The summed E-state index contributed by atoms with van der Waals surface area (Å²) in [7, 11) is 6.76. The van der Waals surface area contributed by atoms with Crippen molar-refractivity contribution < 1.29 is 19.0 Å². The number of amides is 1. The summed E-state index contributed by atoms with van der Waals surface area (Å²) in [4.78, 5) is 18.0. The van der Waals surface area contributed by atoms with E-state index in [2.05, 4.69) is 15.6 Å². The predicted molar refractivity (Wildman–Crippen MR) is 128 cm³/mol. The third-order valence-electron chi connectivity index (χ3n) is 4.59. The lowest BCUT2D eigenvalue weighted by atomic mass is 10.1. The Morgan fingerprint density at radius 1 is 1.03 bits per heavy atom. The molecule has 0 aliphatic heterocycles. The van der Waals surface area contributed by atoms with E-state index in [0.717, 1.165) is 30.0 Å². The van der Waals surface area contributed by atoms with Crippen molar-refractivity contribution in [3.05, 3.63) is 54.1 Å². The molecule has 174 valence electrons. The number of rotatable bonds is 12. The van der Waals surface area contributed by atoms with Crippen molar-refractivity contribution >= 4 is 17.6 Å². The third kappa shape index (κ3) is 9.26. The van der Waals surface area contributed by atoms with Crippen LogP contribution in [0.15, 0.2) is 53.5 Å². The van der Waals surface area contributed by atoms with E-state index in [0.29, 0.717) is 25.7 Å². The number of anilines is 1. The SMILES string of the molecule is COCCCOc1cccc(NC(=NCC(=O)N(C)C)NCCc2ccc(OC)cc2)c1. The molecule has 0 heterocycles. The molecular weight excluding hydrogens is 408 g/mol. The van der Waals surface area contributed by atoms with E-state index < -0.39 is 0 Å². The van der Waals surface area contributed by atoms with Gasteiger partial charge in [-0.15, -0.1) is 0 Å². The van der Waals surface area contributed by atoms with Crippen LogP contribution < -0.4 is 20.1 Å². The fourth-order valence-electron chi connectivity index (χ4n) is 2.74. The summed E-state index contributed by atoms with van der Waals surface area (Å²) < 4.78 is 16.0. The second-order valence-electron chi connectivity index (χ2n) is 7.33. The lowest BCUT2D eigenvalue weighted by Gasteiger charge is -2.15. The Morgan fingerprint density at radius 3 is 2.50 bits per heavy atom. The molecule has 8 heteroatoms. The van der Waals surface area contributed by atoms with Gasteiger partial charge in [0.25, 0.3) is 0 Å². The first-order chi connectivity index (χ1) is 15.5. The monoisotopic (exact) mass is 442 g/mol. The number of hydrogen-bond donors (Lipinski definition) is 2. The van der Waals surface area contributed by atoms with Gasteiger partial charge in [0.2, 0.25) is 5.91 Å². The second-order valence-corrected chi connectivity index (χ2v) is 7.33. The van der Waals surface area contributed by atoms with Crippen molar-refractivity contribution in [1.29, 1.82) is 0 Å². The molecule has 0 spiro atoms. The first-order valence-corrected chi connectivity index (χ1v) is 10.6. The molecule has 0 bridgehead atoms. The zero-order valence-corrected chi connectivity index (χ0v) is 19.4. The van der Waals surface area contributed by atoms with Crippen LogP contribution in [0.1, 0.15) is 12.0 Å². The predicted octanol–water partition coefficient (Wildman–Crippen LogP) is 2.80. The quantitative estimate of drug-likeness (QED) is 0.299. The van der Waals surface area contributed by atoms with Crippen LogP contribution in [0.25, 0.3) is 0 Å². The van der Waals surface area contributed by atoms with Gasteiger partial charge in [-0.3, -0.25) is 4.79 Å². The number of aliphatic imine (C=N–C) groups is 1. The topological polar surface area (TPSA) is 84.4 Å². The summed E-state index contributed by atoms with van der Waals surface area (Å²) in [5.41, 5.74) is 2.00. The molecule has 0 saturated heterocycles. The minimum atomic E-state index is -0.0727. The largest absolute Gasteiger partial charge is 0.497 e. The van der Waals surface area contributed by atoms with Crippen molar-refractivity contribution in [2.24, 2.45) is 4.99 Å². The van der Waals surface area contributed by atoms with Crippen LogP contribution in [-0.4, -0.2) is 71.4 Å². The summed E-state index contributed by atoms with van der Waals surface area (Å²) in [6.07, 6.45) is 1.62. The van der Waals surface area contributed by atoms with Gasteiger partial charge in [-0.1, -0.05) is 18.2 Å². The average molecular weight is 443 g/mol. The van der Waals surface area contributed by atoms with Crippen LogP contribution in [0.5, 0.6) is 11.5 Å². The van der Waals surface area contributed by atoms with Crippen LogP contribution >= 0.6 is 0 Å². The highest BCUT2D eigenvalue weighted by Gasteiger charge is 2.06. The molecule has 0 saturated carbocycles. The summed E-state index contributed by atoms with van der Waals surface area (Å²) in [6, 6.07) is 15.6. The number of ether oxygens (including phenoxy) is 3. The van der Waals surface area contributed by atoms with Gasteiger partial charge in [-0.25, -0.2) is 4.99 Å². The van der Waals surface area contributed by atoms with E-state index in [9.17, 15) is 4.79 Å². The minimum absolute atomic E-state index is 0.0536. The molecule has 0 atom stereocenters. The van der Waals surface area contributed by atoms with Gasteiger partial charge >= 0.3 is 0 Å². The van der Waals surface area contributed by atoms with Crippen LogP contribution in [0.2, 0.25) is 0 Å². The Morgan fingerprint density at radius 2 is 1.81 bits per heavy atom. The highest BCUT2D eigenvalue weighted by Crippen LogP contribution is 2.17. The van der Waals surface area contributed by atoms with Crippen LogP contribution in [0.3, 0.4) is 0 Å². The van der Waals surface area contributed by atoms with Crippen molar-refractivity contribution in [3.63, 3.8) is 0 Å². The second kappa shape index (κ2) is 13.9. The van der Waals surface area contributed by atoms with Gasteiger partial charge in [0.05, 0.1) is 13.7 Å². The Labute approximate surface area is 190 Å². The normalized spacial score (nSPS) is 11.1. The zero-order chi connectivity index (χ0) is 23.2. The standard InChI is InChI=1S/C24H34N4O4/c1-28(2)23(29)18-26-24(25-14-13-19-9-11-21(31-4)12-10-19)27-20-7-5-8-22(17-20)32-16-6-15-30-3/h5,7-12,17H,6,13-16,18H2,1-4H3,(H2,25,26,27). The fraction of sp³-hybridized carbons (Fsp3) is 0.417. The van der Waals surface area contributed by atoms with E-state index in [1.165, 1.54) is 10.5 Å². The molecular formula is C24H34N4O4. The van der Waals surface area contributed by atoms with Gasteiger partial charge in [-0.2, -0.15) is 0 Å². The van der Waals surface area contributed by atoms with Gasteiger partial charge in [-0.05, 0) is 36.2 Å². The maximum absolute atomic E-state index is 12.0. The Bertz CT molecular complexity index is 853.